The smallest absolute Gasteiger partial charge is 0.341 e. The van der Waals surface area contributed by atoms with Crippen LogP contribution in [0.25, 0.3) is 10.9 Å². The number of carboxylic acid groups (broad SMARTS) is 1. The Morgan fingerprint density at radius 3 is 2.88 bits per heavy atom. The van der Waals surface area contributed by atoms with Gasteiger partial charge in [0.1, 0.15) is 10.7 Å². The first-order chi connectivity index (χ1) is 7.50. The summed E-state index contributed by atoms with van der Waals surface area (Å²) in [5.41, 5.74) is 0.179. The van der Waals surface area contributed by atoms with Crippen LogP contribution in [0.2, 0.25) is 5.15 Å². The van der Waals surface area contributed by atoms with E-state index in [4.69, 9.17) is 16.7 Å². The molecule has 0 fully saturated rings. The van der Waals surface area contributed by atoms with Gasteiger partial charge in [0, 0.05) is 6.20 Å². The van der Waals surface area contributed by atoms with Gasteiger partial charge in [0.2, 0.25) is 5.43 Å². The van der Waals surface area contributed by atoms with Crippen molar-refractivity contribution in [1.82, 2.24) is 9.97 Å². The van der Waals surface area contributed by atoms with Gasteiger partial charge in [0.25, 0.3) is 0 Å². The minimum absolute atomic E-state index is 0.165. The SMILES string of the molecule is Cc1nc(Cl)cc2c(=O)c(C(=O)O)c[nH]c12. The molecule has 0 saturated carbocycles. The van der Waals surface area contributed by atoms with Crippen molar-refractivity contribution in [1.29, 1.82) is 0 Å². The van der Waals surface area contributed by atoms with Crippen LogP contribution in [0.5, 0.6) is 0 Å². The van der Waals surface area contributed by atoms with Gasteiger partial charge >= 0.3 is 5.97 Å². The van der Waals surface area contributed by atoms with E-state index >= 15 is 0 Å². The molecule has 2 N–H and O–H groups in total. The maximum Gasteiger partial charge on any atom is 0.341 e. The number of aromatic amines is 1. The Morgan fingerprint density at radius 2 is 2.25 bits per heavy atom. The average Bonchev–Trinajstić information content (AvgIpc) is 2.19. The number of nitrogens with zero attached hydrogens (tertiary/aromatic N) is 1. The number of fused-ring (bicyclic) bond motifs is 1. The van der Waals surface area contributed by atoms with E-state index in [0.717, 1.165) is 6.20 Å². The van der Waals surface area contributed by atoms with E-state index in [1.165, 1.54) is 6.07 Å². The molecule has 82 valence electrons. The molecule has 0 saturated heterocycles. The van der Waals surface area contributed by atoms with Gasteiger partial charge in [-0.25, -0.2) is 9.78 Å². The Morgan fingerprint density at radius 1 is 1.56 bits per heavy atom. The lowest BCUT2D eigenvalue weighted by Crippen LogP contribution is -2.15. The maximum absolute atomic E-state index is 11.8. The summed E-state index contributed by atoms with van der Waals surface area (Å²) >= 11 is 5.72. The van der Waals surface area contributed by atoms with Gasteiger partial charge in [-0.2, -0.15) is 0 Å². The van der Waals surface area contributed by atoms with Crippen LogP contribution in [0.4, 0.5) is 0 Å². The average molecular weight is 239 g/mol. The van der Waals surface area contributed by atoms with Crippen LogP contribution >= 0.6 is 11.6 Å². The normalized spacial score (nSPS) is 10.6. The van der Waals surface area contributed by atoms with Gasteiger partial charge in [-0.3, -0.25) is 4.79 Å². The quantitative estimate of drug-likeness (QED) is 0.739. The summed E-state index contributed by atoms with van der Waals surface area (Å²) in [4.78, 5) is 29.3. The summed E-state index contributed by atoms with van der Waals surface area (Å²) in [6.45, 7) is 1.69. The van der Waals surface area contributed by atoms with Crippen molar-refractivity contribution in [2.75, 3.05) is 0 Å². The zero-order chi connectivity index (χ0) is 11.9. The number of halogens is 1. The molecule has 0 amide bonds. The van der Waals surface area contributed by atoms with Gasteiger partial charge in [-0.05, 0) is 13.0 Å². The zero-order valence-electron chi connectivity index (χ0n) is 8.24. The molecule has 0 aliphatic rings. The summed E-state index contributed by atoms with van der Waals surface area (Å²) in [7, 11) is 0. The molecular formula is C10H7ClN2O3. The van der Waals surface area contributed by atoms with Crippen molar-refractivity contribution in [2.24, 2.45) is 0 Å². The number of hydrogen-bond donors (Lipinski definition) is 2. The van der Waals surface area contributed by atoms with Crippen molar-refractivity contribution in [3.63, 3.8) is 0 Å². The highest BCUT2D eigenvalue weighted by atomic mass is 35.5. The van der Waals surface area contributed by atoms with E-state index in [2.05, 4.69) is 9.97 Å². The molecule has 0 aromatic carbocycles. The predicted molar refractivity (Wildman–Crippen MR) is 59.1 cm³/mol. The second-order valence-corrected chi connectivity index (χ2v) is 3.68. The molecule has 0 spiro atoms. The van der Waals surface area contributed by atoms with Crippen molar-refractivity contribution in [3.05, 3.63) is 38.9 Å². The number of aryl methyl sites for hydroxylation is 1. The third kappa shape index (κ3) is 1.55. The Kier molecular flexibility index (Phi) is 2.40. The Hall–Kier alpha value is -1.88. The predicted octanol–water partition coefficient (Wildman–Crippen LogP) is 1.58. The highest BCUT2D eigenvalue weighted by Gasteiger charge is 2.13. The lowest BCUT2D eigenvalue weighted by Gasteiger charge is -2.03. The molecule has 2 aromatic heterocycles. The first-order valence-corrected chi connectivity index (χ1v) is 4.80. The van der Waals surface area contributed by atoms with Crippen LogP contribution in [0, 0.1) is 6.92 Å². The molecule has 16 heavy (non-hydrogen) atoms. The molecule has 0 bridgehead atoms. The van der Waals surface area contributed by atoms with Crippen molar-refractivity contribution in [3.8, 4) is 0 Å². The molecule has 2 rings (SSSR count). The minimum Gasteiger partial charge on any atom is -0.477 e. The van der Waals surface area contributed by atoms with Crippen LogP contribution in [-0.2, 0) is 0 Å². The van der Waals surface area contributed by atoms with E-state index in [1.807, 2.05) is 0 Å². The van der Waals surface area contributed by atoms with Gasteiger partial charge in [0.05, 0.1) is 16.6 Å². The van der Waals surface area contributed by atoms with Crippen LogP contribution in [0.1, 0.15) is 16.1 Å². The molecule has 2 heterocycles. The first kappa shape index (κ1) is 10.6. The monoisotopic (exact) mass is 238 g/mol. The number of aromatic carboxylic acids is 1. The zero-order valence-corrected chi connectivity index (χ0v) is 9.00. The lowest BCUT2D eigenvalue weighted by molar-refractivity contribution is 0.0695. The molecule has 0 radical (unpaired) electrons. The summed E-state index contributed by atoms with van der Waals surface area (Å²) in [6.07, 6.45) is 1.16. The van der Waals surface area contributed by atoms with E-state index in [9.17, 15) is 9.59 Å². The highest BCUT2D eigenvalue weighted by molar-refractivity contribution is 6.30. The van der Waals surface area contributed by atoms with Gasteiger partial charge in [-0.1, -0.05) is 11.6 Å². The van der Waals surface area contributed by atoms with Crippen molar-refractivity contribution < 1.29 is 9.90 Å². The summed E-state index contributed by atoms with van der Waals surface area (Å²) in [6, 6.07) is 1.36. The van der Waals surface area contributed by atoms with Gasteiger partial charge < -0.3 is 10.1 Å². The number of carbonyl (C=O) groups is 1. The third-order valence-electron chi connectivity index (χ3n) is 2.25. The topological polar surface area (TPSA) is 83.1 Å². The number of carboxylic acids is 1. The molecule has 0 atom stereocenters. The van der Waals surface area contributed by atoms with E-state index in [1.54, 1.807) is 6.92 Å². The summed E-state index contributed by atoms with van der Waals surface area (Å²) in [5.74, 6) is -1.27. The van der Waals surface area contributed by atoms with Crippen molar-refractivity contribution >= 4 is 28.5 Å². The molecular weight excluding hydrogens is 232 g/mol. The number of nitrogens with one attached hydrogen (secondary N) is 1. The van der Waals surface area contributed by atoms with Crippen LogP contribution in [-0.4, -0.2) is 21.0 Å². The Balaban J connectivity index is 2.95. The molecule has 6 heteroatoms. The van der Waals surface area contributed by atoms with Crippen LogP contribution in [0.3, 0.4) is 0 Å². The molecule has 2 aromatic rings. The third-order valence-corrected chi connectivity index (χ3v) is 2.44. The number of rotatable bonds is 1. The van der Waals surface area contributed by atoms with Gasteiger partial charge in [-0.15, -0.1) is 0 Å². The second kappa shape index (κ2) is 3.61. The summed E-state index contributed by atoms with van der Waals surface area (Å²) in [5, 5.41) is 9.19. The highest BCUT2D eigenvalue weighted by Crippen LogP contribution is 2.16. The fraction of sp³-hybridized carbons (Fsp3) is 0.100. The fourth-order valence-electron chi connectivity index (χ4n) is 1.51. The second-order valence-electron chi connectivity index (χ2n) is 3.29. The maximum atomic E-state index is 11.8. The van der Waals surface area contributed by atoms with E-state index in [0.29, 0.717) is 11.2 Å². The first-order valence-electron chi connectivity index (χ1n) is 4.42. The van der Waals surface area contributed by atoms with Crippen LogP contribution < -0.4 is 5.43 Å². The molecule has 0 unspecified atom stereocenters. The molecule has 0 aliphatic heterocycles. The van der Waals surface area contributed by atoms with Crippen LogP contribution in [0.15, 0.2) is 17.1 Å². The lowest BCUT2D eigenvalue weighted by atomic mass is 10.1. The largest absolute Gasteiger partial charge is 0.477 e. The number of pyridine rings is 2. The van der Waals surface area contributed by atoms with Gasteiger partial charge in [0.15, 0.2) is 0 Å². The Labute approximate surface area is 94.7 Å². The number of aromatic nitrogens is 2. The summed E-state index contributed by atoms with van der Waals surface area (Å²) < 4.78 is 0. The minimum atomic E-state index is -1.27. The standard InChI is InChI=1S/C10H7ClN2O3/c1-4-8-5(2-7(11)13-4)9(14)6(3-12-8)10(15)16/h2-3H,1H3,(H,12,14)(H,15,16). The fourth-order valence-corrected chi connectivity index (χ4v) is 1.75. The molecule has 5 nitrogen and oxygen atoms in total. The van der Waals surface area contributed by atoms with Crippen molar-refractivity contribution in [2.45, 2.75) is 6.92 Å². The van der Waals surface area contributed by atoms with E-state index in [-0.39, 0.29) is 16.1 Å². The Bertz CT molecular complexity index is 648. The van der Waals surface area contributed by atoms with E-state index < -0.39 is 11.4 Å². The number of hydrogen-bond acceptors (Lipinski definition) is 3. The number of H-pyrrole nitrogens is 1. The molecule has 0 aliphatic carbocycles.